The average molecular weight is 392 g/mol. The Labute approximate surface area is 143 Å². The Morgan fingerprint density at radius 1 is 1.35 bits per heavy atom. The number of halogens is 1. The molecule has 1 heterocycles. The van der Waals surface area contributed by atoms with Crippen molar-refractivity contribution in [2.75, 3.05) is 0 Å². The van der Waals surface area contributed by atoms with Crippen molar-refractivity contribution in [3.05, 3.63) is 63.9 Å². The van der Waals surface area contributed by atoms with E-state index in [1.54, 1.807) is 12.1 Å². The van der Waals surface area contributed by atoms with Gasteiger partial charge in [0, 0.05) is 23.1 Å². The first-order valence-corrected chi connectivity index (χ1v) is 9.43. The summed E-state index contributed by atoms with van der Waals surface area (Å²) in [7, 11) is -3.39. The third-order valence-corrected chi connectivity index (χ3v) is 6.44. The van der Waals surface area contributed by atoms with Crippen molar-refractivity contribution >= 4 is 26.0 Å². The normalized spacial score (nSPS) is 20.0. The van der Waals surface area contributed by atoms with Gasteiger partial charge in [0.05, 0.1) is 5.25 Å². The summed E-state index contributed by atoms with van der Waals surface area (Å²) in [6, 6.07) is 12.9. The van der Waals surface area contributed by atoms with Gasteiger partial charge in [0.25, 0.3) is 0 Å². The Hall–Kier alpha value is -1.75. The van der Waals surface area contributed by atoms with Gasteiger partial charge >= 0.3 is 0 Å². The highest BCUT2D eigenvalue weighted by molar-refractivity contribution is 9.10. The predicted octanol–water partition coefficient (Wildman–Crippen LogP) is 2.69. The van der Waals surface area contributed by atoms with Crippen LogP contribution in [0.15, 0.2) is 47.1 Å². The summed E-state index contributed by atoms with van der Waals surface area (Å²) < 4.78 is 28.4. The summed E-state index contributed by atoms with van der Waals surface area (Å²) in [6.07, 6.45) is 2.13. The lowest BCUT2D eigenvalue weighted by molar-refractivity contribution is 0.579. The van der Waals surface area contributed by atoms with E-state index in [1.807, 2.05) is 30.3 Å². The van der Waals surface area contributed by atoms with Crippen LogP contribution in [0, 0.1) is 11.3 Å². The number of nitrogens with zero attached hydrogens (tertiary/aromatic N) is 2. The van der Waals surface area contributed by atoms with Gasteiger partial charge in [-0.05, 0) is 35.7 Å². The fourth-order valence-corrected chi connectivity index (χ4v) is 4.75. The molecule has 0 radical (unpaired) electrons. The number of pyridine rings is 1. The van der Waals surface area contributed by atoms with Crippen molar-refractivity contribution in [2.24, 2.45) is 0 Å². The molecule has 2 aromatic rings. The standard InChI is InChI=1S/C16H14BrN3O2S/c17-15-4-2-1-3-13(15)14-8-16(14)23(21,22)20-10-11-5-6-19-12(7-11)9-18/h1-7,14,16,20H,8,10H2. The van der Waals surface area contributed by atoms with E-state index in [4.69, 9.17) is 5.26 Å². The second kappa shape index (κ2) is 6.40. The Morgan fingerprint density at radius 3 is 2.87 bits per heavy atom. The van der Waals surface area contributed by atoms with E-state index < -0.39 is 15.3 Å². The smallest absolute Gasteiger partial charge is 0.215 e. The van der Waals surface area contributed by atoms with Crippen LogP contribution in [-0.2, 0) is 16.6 Å². The van der Waals surface area contributed by atoms with Gasteiger partial charge in [0.2, 0.25) is 10.0 Å². The van der Waals surface area contributed by atoms with E-state index in [0.29, 0.717) is 6.42 Å². The van der Waals surface area contributed by atoms with Crippen LogP contribution in [0.3, 0.4) is 0 Å². The molecule has 7 heteroatoms. The van der Waals surface area contributed by atoms with Crippen LogP contribution in [0.1, 0.15) is 29.2 Å². The molecule has 0 saturated heterocycles. The predicted molar refractivity (Wildman–Crippen MR) is 90.0 cm³/mol. The monoisotopic (exact) mass is 391 g/mol. The third-order valence-electron chi connectivity index (χ3n) is 3.85. The van der Waals surface area contributed by atoms with Crippen LogP contribution >= 0.6 is 15.9 Å². The van der Waals surface area contributed by atoms with Gasteiger partial charge in [0.1, 0.15) is 11.8 Å². The highest BCUT2D eigenvalue weighted by atomic mass is 79.9. The minimum atomic E-state index is -3.39. The van der Waals surface area contributed by atoms with Crippen LogP contribution in [-0.4, -0.2) is 18.7 Å². The van der Waals surface area contributed by atoms with E-state index in [0.717, 1.165) is 15.6 Å². The van der Waals surface area contributed by atoms with E-state index in [-0.39, 0.29) is 18.2 Å². The molecule has 1 aliphatic carbocycles. The van der Waals surface area contributed by atoms with Crippen LogP contribution < -0.4 is 4.72 Å². The van der Waals surface area contributed by atoms with E-state index in [1.165, 1.54) is 6.20 Å². The van der Waals surface area contributed by atoms with Gasteiger partial charge in [-0.25, -0.2) is 18.1 Å². The number of nitriles is 1. The molecule has 2 unspecified atom stereocenters. The lowest BCUT2D eigenvalue weighted by Gasteiger charge is -2.07. The molecule has 1 aromatic heterocycles. The lowest BCUT2D eigenvalue weighted by atomic mass is 10.1. The van der Waals surface area contributed by atoms with Crippen molar-refractivity contribution in [1.29, 1.82) is 5.26 Å². The molecule has 0 aliphatic heterocycles. The van der Waals surface area contributed by atoms with Gasteiger partial charge < -0.3 is 0 Å². The maximum atomic E-state index is 12.4. The van der Waals surface area contributed by atoms with Crippen LogP contribution in [0.5, 0.6) is 0 Å². The van der Waals surface area contributed by atoms with Crippen LogP contribution in [0.4, 0.5) is 0 Å². The molecule has 1 saturated carbocycles. The molecule has 1 aromatic carbocycles. The topological polar surface area (TPSA) is 82.9 Å². The second-order valence-electron chi connectivity index (χ2n) is 5.43. The molecule has 1 aliphatic rings. The highest BCUT2D eigenvalue weighted by Crippen LogP contribution is 2.47. The van der Waals surface area contributed by atoms with E-state index >= 15 is 0 Å². The number of benzene rings is 1. The Kier molecular flexibility index (Phi) is 4.48. The maximum absolute atomic E-state index is 12.4. The van der Waals surface area contributed by atoms with Gasteiger partial charge in [-0.2, -0.15) is 5.26 Å². The third kappa shape index (κ3) is 3.61. The molecular formula is C16H14BrN3O2S. The molecule has 0 spiro atoms. The minimum absolute atomic E-state index is 0.0233. The van der Waals surface area contributed by atoms with Crippen molar-refractivity contribution in [1.82, 2.24) is 9.71 Å². The fraction of sp³-hybridized carbons (Fsp3) is 0.250. The summed E-state index contributed by atoms with van der Waals surface area (Å²) in [5.74, 6) is 0.0233. The first-order chi connectivity index (χ1) is 11.0. The van der Waals surface area contributed by atoms with E-state index in [2.05, 4.69) is 25.6 Å². The summed E-state index contributed by atoms with van der Waals surface area (Å²) in [6.45, 7) is 0.165. The summed E-state index contributed by atoms with van der Waals surface area (Å²) in [5.41, 5.74) is 2.02. The SMILES string of the molecule is N#Cc1cc(CNS(=O)(=O)C2CC2c2ccccc2Br)ccn1. The van der Waals surface area contributed by atoms with Gasteiger partial charge in [-0.1, -0.05) is 34.1 Å². The highest BCUT2D eigenvalue weighted by Gasteiger charge is 2.48. The molecule has 0 amide bonds. The largest absolute Gasteiger partial charge is 0.246 e. The van der Waals surface area contributed by atoms with Crippen molar-refractivity contribution in [2.45, 2.75) is 24.1 Å². The molecular weight excluding hydrogens is 378 g/mol. The molecule has 1 N–H and O–H groups in total. The Morgan fingerprint density at radius 2 is 2.13 bits per heavy atom. The first-order valence-electron chi connectivity index (χ1n) is 7.09. The van der Waals surface area contributed by atoms with E-state index in [9.17, 15) is 8.42 Å². The maximum Gasteiger partial charge on any atom is 0.215 e. The van der Waals surface area contributed by atoms with Crippen molar-refractivity contribution in [3.8, 4) is 6.07 Å². The zero-order valence-corrected chi connectivity index (χ0v) is 14.5. The lowest BCUT2D eigenvalue weighted by Crippen LogP contribution is -2.27. The number of hydrogen-bond acceptors (Lipinski definition) is 4. The summed E-state index contributed by atoms with van der Waals surface area (Å²) in [4.78, 5) is 3.87. The van der Waals surface area contributed by atoms with Crippen molar-refractivity contribution < 1.29 is 8.42 Å². The van der Waals surface area contributed by atoms with Gasteiger partial charge in [-0.15, -0.1) is 0 Å². The number of nitrogens with one attached hydrogen (secondary N) is 1. The zero-order valence-electron chi connectivity index (χ0n) is 12.1. The minimum Gasteiger partial charge on any atom is -0.246 e. The van der Waals surface area contributed by atoms with Crippen molar-refractivity contribution in [3.63, 3.8) is 0 Å². The number of rotatable bonds is 5. The summed E-state index contributed by atoms with van der Waals surface area (Å²) >= 11 is 3.47. The Balaban J connectivity index is 1.67. The molecule has 118 valence electrons. The molecule has 0 bridgehead atoms. The fourth-order valence-electron chi connectivity index (χ4n) is 2.55. The molecule has 3 rings (SSSR count). The number of sulfonamides is 1. The molecule has 23 heavy (non-hydrogen) atoms. The van der Waals surface area contributed by atoms with Gasteiger partial charge in [0.15, 0.2) is 0 Å². The Bertz CT molecular complexity index is 877. The second-order valence-corrected chi connectivity index (χ2v) is 8.27. The average Bonchev–Trinajstić information content (AvgIpc) is 3.35. The number of hydrogen-bond donors (Lipinski definition) is 1. The molecule has 5 nitrogen and oxygen atoms in total. The first kappa shape index (κ1) is 16.1. The van der Waals surface area contributed by atoms with Crippen LogP contribution in [0.2, 0.25) is 0 Å². The molecule has 1 fully saturated rings. The van der Waals surface area contributed by atoms with Crippen LogP contribution in [0.25, 0.3) is 0 Å². The summed E-state index contributed by atoms with van der Waals surface area (Å²) in [5, 5.41) is 8.42. The number of aromatic nitrogens is 1. The zero-order chi connectivity index (χ0) is 16.4. The quantitative estimate of drug-likeness (QED) is 0.848. The molecule has 2 atom stereocenters. The van der Waals surface area contributed by atoms with Gasteiger partial charge in [-0.3, -0.25) is 0 Å².